The van der Waals surface area contributed by atoms with Gasteiger partial charge in [0.1, 0.15) is 6.10 Å². The number of carbonyl (C=O) groups excluding carboxylic acids is 2. The van der Waals surface area contributed by atoms with Crippen LogP contribution >= 0.6 is 11.8 Å². The Balaban J connectivity index is 1.94. The van der Waals surface area contributed by atoms with Crippen LogP contribution in [0, 0.1) is 17.8 Å². The molecule has 1 aromatic rings. The van der Waals surface area contributed by atoms with E-state index in [2.05, 4.69) is 22.1 Å². The van der Waals surface area contributed by atoms with Gasteiger partial charge >= 0.3 is 0 Å². The summed E-state index contributed by atoms with van der Waals surface area (Å²) < 4.78 is 0. The Hall–Kier alpha value is -1.87. The molecule has 0 heterocycles. The fourth-order valence-corrected chi connectivity index (χ4v) is 6.07. The van der Waals surface area contributed by atoms with Gasteiger partial charge in [0, 0.05) is 24.6 Å². The number of rotatable bonds is 17. The Morgan fingerprint density at radius 2 is 1.82 bits per heavy atom. The number of hydrogen-bond donors (Lipinski definition) is 4. The SMILES string of the molecule is C=C[C@H](O)[C@H](O)[C@H](CC1CCCCC1)NC(=O)[C@H](C)CNC(=O)[C@@H](CSCCN(C)C)Cc1ccccc1. The van der Waals surface area contributed by atoms with E-state index in [1.165, 1.54) is 12.5 Å². The molecule has 8 heteroatoms. The van der Waals surface area contributed by atoms with Crippen LogP contribution in [0.15, 0.2) is 43.0 Å². The summed E-state index contributed by atoms with van der Waals surface area (Å²) in [4.78, 5) is 28.4. The van der Waals surface area contributed by atoms with Crippen LogP contribution in [0.1, 0.15) is 51.0 Å². The van der Waals surface area contributed by atoms with Crippen LogP contribution in [0.4, 0.5) is 0 Å². The molecule has 38 heavy (non-hydrogen) atoms. The molecule has 5 atom stereocenters. The molecule has 1 aromatic carbocycles. The molecule has 1 aliphatic carbocycles. The molecular weight excluding hydrogens is 498 g/mol. The maximum Gasteiger partial charge on any atom is 0.224 e. The van der Waals surface area contributed by atoms with Gasteiger partial charge in [0.05, 0.1) is 24.0 Å². The molecule has 7 nitrogen and oxygen atoms in total. The highest BCUT2D eigenvalue weighted by atomic mass is 32.2. The van der Waals surface area contributed by atoms with E-state index in [0.29, 0.717) is 24.5 Å². The molecule has 0 aliphatic heterocycles. The van der Waals surface area contributed by atoms with Gasteiger partial charge in [-0.25, -0.2) is 0 Å². The van der Waals surface area contributed by atoms with E-state index in [9.17, 15) is 19.8 Å². The van der Waals surface area contributed by atoms with Crippen molar-refractivity contribution in [2.75, 3.05) is 38.7 Å². The van der Waals surface area contributed by atoms with E-state index in [1.807, 2.05) is 44.4 Å². The van der Waals surface area contributed by atoms with Crippen molar-refractivity contribution < 1.29 is 19.8 Å². The highest BCUT2D eigenvalue weighted by Crippen LogP contribution is 2.28. The number of benzene rings is 1. The van der Waals surface area contributed by atoms with Gasteiger partial charge < -0.3 is 25.7 Å². The van der Waals surface area contributed by atoms with Crippen molar-refractivity contribution in [2.45, 2.75) is 70.1 Å². The first kappa shape index (κ1) is 32.3. The molecule has 0 unspecified atom stereocenters. The van der Waals surface area contributed by atoms with Crippen LogP contribution in [0.2, 0.25) is 0 Å². The lowest BCUT2D eigenvalue weighted by Crippen LogP contribution is -2.51. The van der Waals surface area contributed by atoms with Crippen molar-refractivity contribution >= 4 is 23.6 Å². The summed E-state index contributed by atoms with van der Waals surface area (Å²) in [7, 11) is 4.08. The molecule has 2 amide bonds. The number of aliphatic hydroxyl groups excluding tert-OH is 2. The fraction of sp³-hybridized carbons (Fsp3) is 0.667. The van der Waals surface area contributed by atoms with E-state index < -0.39 is 24.2 Å². The molecule has 0 saturated heterocycles. The molecule has 0 aromatic heterocycles. The quantitative estimate of drug-likeness (QED) is 0.176. The normalized spacial score (nSPS) is 18.3. The van der Waals surface area contributed by atoms with E-state index in [0.717, 1.165) is 43.5 Å². The lowest BCUT2D eigenvalue weighted by atomic mass is 9.83. The molecule has 0 radical (unpaired) electrons. The predicted octanol–water partition coefficient (Wildman–Crippen LogP) is 3.26. The first-order valence-corrected chi connectivity index (χ1v) is 15.2. The highest BCUT2D eigenvalue weighted by Gasteiger charge is 2.31. The number of amides is 2. The van der Waals surface area contributed by atoms with Gasteiger partial charge in [-0.3, -0.25) is 9.59 Å². The second-order valence-corrected chi connectivity index (χ2v) is 12.1. The Labute approximate surface area is 233 Å². The number of nitrogens with zero attached hydrogens (tertiary/aromatic N) is 1. The number of aliphatic hydroxyl groups is 2. The summed E-state index contributed by atoms with van der Waals surface area (Å²) >= 11 is 1.77. The van der Waals surface area contributed by atoms with Crippen LogP contribution < -0.4 is 10.6 Å². The van der Waals surface area contributed by atoms with Gasteiger partial charge in [-0.05, 0) is 38.4 Å². The van der Waals surface area contributed by atoms with Gasteiger partial charge in [-0.2, -0.15) is 11.8 Å². The number of hydrogen-bond acceptors (Lipinski definition) is 6. The molecule has 1 fully saturated rings. The maximum atomic E-state index is 13.2. The van der Waals surface area contributed by atoms with Crippen LogP contribution in [0.3, 0.4) is 0 Å². The third-order valence-electron chi connectivity index (χ3n) is 7.37. The zero-order valence-electron chi connectivity index (χ0n) is 23.5. The Morgan fingerprint density at radius 1 is 1.13 bits per heavy atom. The highest BCUT2D eigenvalue weighted by molar-refractivity contribution is 7.99. The lowest BCUT2D eigenvalue weighted by molar-refractivity contribution is -0.128. The first-order chi connectivity index (χ1) is 18.2. The van der Waals surface area contributed by atoms with Crippen molar-refractivity contribution in [3.8, 4) is 0 Å². The monoisotopic (exact) mass is 547 g/mol. The van der Waals surface area contributed by atoms with Crippen LogP contribution in [-0.4, -0.2) is 83.9 Å². The van der Waals surface area contributed by atoms with Gasteiger partial charge in [-0.15, -0.1) is 6.58 Å². The van der Waals surface area contributed by atoms with Gasteiger partial charge in [-0.1, -0.05) is 75.4 Å². The average molecular weight is 548 g/mol. The Morgan fingerprint density at radius 3 is 2.45 bits per heavy atom. The van der Waals surface area contributed by atoms with Gasteiger partial charge in [0.25, 0.3) is 0 Å². The zero-order valence-corrected chi connectivity index (χ0v) is 24.3. The molecule has 214 valence electrons. The van der Waals surface area contributed by atoms with Gasteiger partial charge in [0.2, 0.25) is 11.8 Å². The Bertz CT molecular complexity index is 832. The summed E-state index contributed by atoms with van der Waals surface area (Å²) in [5, 5.41) is 26.8. The smallest absolute Gasteiger partial charge is 0.224 e. The third-order valence-corrected chi connectivity index (χ3v) is 8.48. The second-order valence-electron chi connectivity index (χ2n) is 11.0. The maximum absolute atomic E-state index is 13.2. The van der Waals surface area contributed by atoms with Crippen molar-refractivity contribution in [3.05, 3.63) is 48.6 Å². The van der Waals surface area contributed by atoms with Crippen molar-refractivity contribution in [1.29, 1.82) is 0 Å². The summed E-state index contributed by atoms with van der Waals surface area (Å²) in [5.74, 6) is 1.13. The number of thioether (sulfide) groups is 1. The summed E-state index contributed by atoms with van der Waals surface area (Å²) in [6.07, 6.45) is 6.04. The lowest BCUT2D eigenvalue weighted by Gasteiger charge is -2.32. The number of nitrogens with one attached hydrogen (secondary N) is 2. The summed E-state index contributed by atoms with van der Waals surface area (Å²) in [6.45, 7) is 6.53. The third kappa shape index (κ3) is 11.9. The molecule has 0 spiro atoms. The molecule has 2 rings (SSSR count). The van der Waals surface area contributed by atoms with E-state index in [4.69, 9.17) is 0 Å². The van der Waals surface area contributed by atoms with E-state index in [1.54, 1.807) is 18.7 Å². The molecule has 1 saturated carbocycles. The van der Waals surface area contributed by atoms with E-state index in [-0.39, 0.29) is 24.3 Å². The molecule has 0 bridgehead atoms. The largest absolute Gasteiger partial charge is 0.388 e. The minimum absolute atomic E-state index is 0.0493. The minimum Gasteiger partial charge on any atom is -0.388 e. The fourth-order valence-electron chi connectivity index (χ4n) is 4.86. The average Bonchev–Trinajstić information content (AvgIpc) is 2.92. The number of carbonyl (C=O) groups is 2. The summed E-state index contributed by atoms with van der Waals surface area (Å²) in [5.41, 5.74) is 1.12. The zero-order chi connectivity index (χ0) is 27.9. The molecular formula is C30H49N3O4S. The Kier molecular flexibility index (Phi) is 15.0. The van der Waals surface area contributed by atoms with Crippen molar-refractivity contribution in [3.63, 3.8) is 0 Å². The minimum atomic E-state index is -1.12. The molecule has 4 N–H and O–H groups in total. The second kappa shape index (κ2) is 17.7. The van der Waals surface area contributed by atoms with Gasteiger partial charge in [0.15, 0.2) is 0 Å². The molecule has 1 aliphatic rings. The van der Waals surface area contributed by atoms with E-state index >= 15 is 0 Å². The van der Waals surface area contributed by atoms with Crippen molar-refractivity contribution in [1.82, 2.24) is 15.5 Å². The van der Waals surface area contributed by atoms with Crippen molar-refractivity contribution in [2.24, 2.45) is 17.8 Å². The first-order valence-electron chi connectivity index (χ1n) is 14.0. The van der Waals surface area contributed by atoms with Crippen LogP contribution in [0.25, 0.3) is 0 Å². The van der Waals surface area contributed by atoms with Crippen LogP contribution in [-0.2, 0) is 16.0 Å². The summed E-state index contributed by atoms with van der Waals surface area (Å²) in [6, 6.07) is 9.45. The standard InChI is InChI=1S/C30H49N3O4S/c1-5-27(34)28(35)26(19-24-14-10-7-11-15-24)32-29(36)22(2)20-31-30(37)25(21-38-17-16-33(3)4)18-23-12-8-6-9-13-23/h5-6,8-9,12-13,22,24-28,34-35H,1,7,10-11,14-21H2,2-4H3,(H,31,37)(H,32,36)/t22-,25-,26+,27+,28-/m1/s1. The topological polar surface area (TPSA) is 102 Å². The van der Waals surface area contributed by atoms with Crippen LogP contribution in [0.5, 0.6) is 0 Å². The predicted molar refractivity (Wildman–Crippen MR) is 157 cm³/mol.